The van der Waals surface area contributed by atoms with E-state index in [1.165, 1.54) is 7.11 Å². The van der Waals surface area contributed by atoms with Crippen LogP contribution in [0.5, 0.6) is 0 Å². The maximum Gasteiger partial charge on any atom is 0.337 e. The zero-order chi connectivity index (χ0) is 12.1. The van der Waals surface area contributed by atoms with E-state index in [2.05, 4.69) is 4.74 Å². The second-order valence-corrected chi connectivity index (χ2v) is 3.34. The van der Waals surface area contributed by atoms with Crippen molar-refractivity contribution in [3.8, 4) is 0 Å². The molecule has 0 atom stereocenters. The number of rotatable bonds is 4. The molecule has 4 nitrogen and oxygen atoms in total. The van der Waals surface area contributed by atoms with E-state index >= 15 is 0 Å². The Morgan fingerprint density at radius 1 is 1.31 bits per heavy atom. The molecule has 0 aromatic carbocycles. The van der Waals surface area contributed by atoms with Crippen molar-refractivity contribution < 1.29 is 19.1 Å². The van der Waals surface area contributed by atoms with Crippen molar-refractivity contribution in [1.29, 1.82) is 0 Å². The molecule has 16 heavy (non-hydrogen) atoms. The smallest absolute Gasteiger partial charge is 0.337 e. The van der Waals surface area contributed by atoms with Crippen LogP contribution in [0, 0.1) is 0 Å². The highest BCUT2D eigenvalue weighted by Crippen LogP contribution is 2.30. The second-order valence-electron chi connectivity index (χ2n) is 3.34. The van der Waals surface area contributed by atoms with E-state index in [0.29, 0.717) is 30.6 Å². The molecular weight excluding hydrogens is 208 g/mol. The molecule has 4 heteroatoms. The molecular formula is C12H16O4. The van der Waals surface area contributed by atoms with Gasteiger partial charge in [0.2, 0.25) is 0 Å². The number of esters is 2. The minimum Gasteiger partial charge on any atom is -0.465 e. The Balaban J connectivity index is 2.95. The van der Waals surface area contributed by atoms with Crippen LogP contribution in [-0.4, -0.2) is 25.7 Å². The fraction of sp³-hybridized carbons (Fsp3) is 0.500. The van der Waals surface area contributed by atoms with Crippen molar-refractivity contribution in [3.05, 3.63) is 22.8 Å². The van der Waals surface area contributed by atoms with Gasteiger partial charge >= 0.3 is 11.9 Å². The van der Waals surface area contributed by atoms with Gasteiger partial charge in [-0.05, 0) is 25.3 Å². The standard InChI is InChI=1S/C12H16O4/c1-4-8-9(11(13)15-3)6-7-10(8)12(14)16-5-2/h6H,4-5,7H2,1-3H3. The molecule has 1 aliphatic carbocycles. The Bertz CT molecular complexity index is 363. The Hall–Kier alpha value is -1.58. The van der Waals surface area contributed by atoms with Crippen molar-refractivity contribution in [3.63, 3.8) is 0 Å². The fourth-order valence-corrected chi connectivity index (χ4v) is 1.76. The zero-order valence-corrected chi connectivity index (χ0v) is 9.83. The average Bonchev–Trinajstić information content (AvgIpc) is 2.71. The highest BCUT2D eigenvalue weighted by Gasteiger charge is 2.26. The molecule has 0 unspecified atom stereocenters. The molecule has 0 saturated carbocycles. The summed E-state index contributed by atoms with van der Waals surface area (Å²) in [5, 5.41) is 0. The molecule has 1 aliphatic rings. The summed E-state index contributed by atoms with van der Waals surface area (Å²) in [5.41, 5.74) is 1.81. The molecule has 0 aromatic rings. The highest BCUT2D eigenvalue weighted by molar-refractivity contribution is 6.01. The van der Waals surface area contributed by atoms with Gasteiger partial charge in [0.25, 0.3) is 0 Å². The summed E-state index contributed by atoms with van der Waals surface area (Å²) in [6, 6.07) is 0. The zero-order valence-electron chi connectivity index (χ0n) is 9.83. The second kappa shape index (κ2) is 5.49. The largest absolute Gasteiger partial charge is 0.465 e. The normalized spacial score (nSPS) is 14.8. The molecule has 0 aromatic heterocycles. The first kappa shape index (κ1) is 12.5. The summed E-state index contributed by atoms with van der Waals surface area (Å²) in [7, 11) is 1.33. The van der Waals surface area contributed by atoms with Crippen LogP contribution in [0.25, 0.3) is 0 Å². The summed E-state index contributed by atoms with van der Waals surface area (Å²) < 4.78 is 9.60. The third-order valence-corrected chi connectivity index (χ3v) is 2.48. The molecule has 0 N–H and O–H groups in total. The van der Waals surface area contributed by atoms with Crippen molar-refractivity contribution >= 4 is 11.9 Å². The first-order valence-electron chi connectivity index (χ1n) is 5.33. The van der Waals surface area contributed by atoms with Gasteiger partial charge in [-0.3, -0.25) is 0 Å². The van der Waals surface area contributed by atoms with E-state index in [0.717, 1.165) is 5.57 Å². The van der Waals surface area contributed by atoms with Gasteiger partial charge in [0.15, 0.2) is 0 Å². The van der Waals surface area contributed by atoms with Crippen LogP contribution in [0.15, 0.2) is 22.8 Å². The summed E-state index contributed by atoms with van der Waals surface area (Å²) >= 11 is 0. The van der Waals surface area contributed by atoms with Crippen LogP contribution >= 0.6 is 0 Å². The van der Waals surface area contributed by atoms with Crippen molar-refractivity contribution in [1.82, 2.24) is 0 Å². The Morgan fingerprint density at radius 2 is 2.00 bits per heavy atom. The monoisotopic (exact) mass is 224 g/mol. The number of carbonyl (C=O) groups is 2. The molecule has 0 spiro atoms. The van der Waals surface area contributed by atoms with Gasteiger partial charge in [0.1, 0.15) is 0 Å². The first-order chi connectivity index (χ1) is 7.65. The van der Waals surface area contributed by atoms with Gasteiger partial charge in [-0.1, -0.05) is 13.0 Å². The summed E-state index contributed by atoms with van der Waals surface area (Å²) in [6.07, 6.45) is 2.79. The number of methoxy groups -OCH3 is 1. The van der Waals surface area contributed by atoms with E-state index in [9.17, 15) is 9.59 Å². The predicted molar refractivity (Wildman–Crippen MR) is 58.7 cm³/mol. The van der Waals surface area contributed by atoms with Crippen molar-refractivity contribution in [2.75, 3.05) is 13.7 Å². The van der Waals surface area contributed by atoms with E-state index < -0.39 is 5.97 Å². The molecule has 0 saturated heterocycles. The van der Waals surface area contributed by atoms with Gasteiger partial charge in [-0.25, -0.2) is 9.59 Å². The van der Waals surface area contributed by atoms with Gasteiger partial charge in [-0.2, -0.15) is 0 Å². The maximum absolute atomic E-state index is 11.6. The third-order valence-electron chi connectivity index (χ3n) is 2.48. The van der Waals surface area contributed by atoms with Crippen LogP contribution in [-0.2, 0) is 19.1 Å². The lowest BCUT2D eigenvalue weighted by atomic mass is 10.0. The summed E-state index contributed by atoms with van der Waals surface area (Å²) in [6.45, 7) is 4.00. The molecule has 0 aliphatic heterocycles. The van der Waals surface area contributed by atoms with Gasteiger partial charge in [0.05, 0.1) is 19.3 Å². The molecule has 0 heterocycles. The first-order valence-corrected chi connectivity index (χ1v) is 5.33. The van der Waals surface area contributed by atoms with E-state index in [1.54, 1.807) is 13.0 Å². The minimum absolute atomic E-state index is 0.338. The number of ether oxygens (including phenoxy) is 2. The molecule has 88 valence electrons. The molecule has 0 amide bonds. The molecule has 0 bridgehead atoms. The topological polar surface area (TPSA) is 52.6 Å². The lowest BCUT2D eigenvalue weighted by Gasteiger charge is -2.07. The van der Waals surface area contributed by atoms with Crippen molar-refractivity contribution in [2.45, 2.75) is 26.7 Å². The van der Waals surface area contributed by atoms with Gasteiger partial charge in [0, 0.05) is 5.57 Å². The van der Waals surface area contributed by atoms with Crippen molar-refractivity contribution in [2.24, 2.45) is 0 Å². The molecule has 0 radical (unpaired) electrons. The SMILES string of the molecule is CCOC(=O)C1=C(CC)C(C(=O)OC)=CC1. The Labute approximate surface area is 94.9 Å². The van der Waals surface area contributed by atoms with Gasteiger partial charge in [-0.15, -0.1) is 0 Å². The fourth-order valence-electron chi connectivity index (χ4n) is 1.76. The lowest BCUT2D eigenvalue weighted by Crippen LogP contribution is -2.10. The molecule has 1 rings (SSSR count). The van der Waals surface area contributed by atoms with Gasteiger partial charge < -0.3 is 9.47 Å². The Kier molecular flexibility index (Phi) is 4.28. The van der Waals surface area contributed by atoms with Crippen LogP contribution < -0.4 is 0 Å². The third kappa shape index (κ3) is 2.32. The summed E-state index contributed by atoms with van der Waals surface area (Å²) in [5.74, 6) is -0.731. The predicted octanol–water partition coefficient (Wildman–Crippen LogP) is 1.76. The quantitative estimate of drug-likeness (QED) is 0.683. The van der Waals surface area contributed by atoms with E-state index in [-0.39, 0.29) is 5.97 Å². The number of allylic oxidation sites excluding steroid dienone is 1. The Morgan fingerprint density at radius 3 is 2.50 bits per heavy atom. The highest BCUT2D eigenvalue weighted by atomic mass is 16.5. The molecule has 0 fully saturated rings. The number of hydrogen-bond donors (Lipinski definition) is 0. The van der Waals surface area contributed by atoms with Crippen LogP contribution in [0.3, 0.4) is 0 Å². The minimum atomic E-state index is -0.392. The summed E-state index contributed by atoms with van der Waals surface area (Å²) in [4.78, 5) is 23.0. The lowest BCUT2D eigenvalue weighted by molar-refractivity contribution is -0.138. The average molecular weight is 224 g/mol. The van der Waals surface area contributed by atoms with Crippen LogP contribution in [0.4, 0.5) is 0 Å². The number of hydrogen-bond acceptors (Lipinski definition) is 4. The van der Waals surface area contributed by atoms with Crippen LogP contribution in [0.2, 0.25) is 0 Å². The number of carbonyl (C=O) groups excluding carboxylic acids is 2. The maximum atomic E-state index is 11.6. The van der Waals surface area contributed by atoms with Crippen LogP contribution in [0.1, 0.15) is 26.7 Å². The van der Waals surface area contributed by atoms with E-state index in [1.807, 2.05) is 6.92 Å². The van der Waals surface area contributed by atoms with E-state index in [4.69, 9.17) is 4.74 Å².